The fourth-order valence-corrected chi connectivity index (χ4v) is 1.35. The third kappa shape index (κ3) is 4.21. The number of hydrogen-bond donors (Lipinski definition) is 0. The summed E-state index contributed by atoms with van der Waals surface area (Å²) in [5, 5.41) is 0. The summed E-state index contributed by atoms with van der Waals surface area (Å²) in [5.74, 6) is -0.310. The molecule has 1 rings (SSSR count). The van der Waals surface area contributed by atoms with Gasteiger partial charge < -0.3 is 4.74 Å². The van der Waals surface area contributed by atoms with Crippen LogP contribution in [0.5, 0.6) is 0 Å². The van der Waals surface area contributed by atoms with Gasteiger partial charge in [-0.15, -0.1) is 0 Å². The number of allylic oxidation sites excluding steroid dienone is 5. The molecular formula is C12H14O2S. The lowest BCUT2D eigenvalue weighted by atomic mass is 10.0. The molecule has 3 heteroatoms. The van der Waals surface area contributed by atoms with Crippen LogP contribution in [-0.4, -0.2) is 17.4 Å². The van der Waals surface area contributed by atoms with Crippen molar-refractivity contribution in [1.29, 1.82) is 0 Å². The fraction of sp³-hybridized carbons (Fsp3) is 0.333. The Morgan fingerprint density at radius 1 is 1.67 bits per heavy atom. The van der Waals surface area contributed by atoms with Gasteiger partial charge in [-0.25, -0.2) is 4.79 Å². The first kappa shape index (κ1) is 11.9. The summed E-state index contributed by atoms with van der Waals surface area (Å²) in [6, 6.07) is 0. The van der Waals surface area contributed by atoms with Crippen molar-refractivity contribution in [2.45, 2.75) is 19.8 Å². The van der Waals surface area contributed by atoms with Crippen molar-refractivity contribution in [3.8, 4) is 0 Å². The molecule has 0 radical (unpaired) electrons. The van der Waals surface area contributed by atoms with Crippen LogP contribution in [0.4, 0.5) is 0 Å². The molecule has 0 saturated heterocycles. The van der Waals surface area contributed by atoms with Gasteiger partial charge >= 0.3 is 5.97 Å². The highest BCUT2D eigenvalue weighted by molar-refractivity contribution is 7.80. The minimum Gasteiger partial charge on any atom is -0.463 e. The van der Waals surface area contributed by atoms with Gasteiger partial charge in [-0.3, -0.25) is 0 Å². The molecule has 0 heterocycles. The van der Waals surface area contributed by atoms with E-state index in [9.17, 15) is 4.79 Å². The second-order valence-corrected chi connectivity index (χ2v) is 3.67. The number of hydrogen-bond acceptors (Lipinski definition) is 3. The van der Waals surface area contributed by atoms with Crippen LogP contribution in [0.1, 0.15) is 19.8 Å². The average Bonchev–Trinajstić information content (AvgIpc) is 2.25. The molecule has 0 N–H and O–H groups in total. The highest BCUT2D eigenvalue weighted by Crippen LogP contribution is 2.11. The third-order valence-corrected chi connectivity index (χ3v) is 2.29. The number of ether oxygens (including phenoxy) is 1. The van der Waals surface area contributed by atoms with Crippen molar-refractivity contribution in [1.82, 2.24) is 0 Å². The van der Waals surface area contributed by atoms with E-state index in [1.165, 1.54) is 6.08 Å². The molecular weight excluding hydrogens is 208 g/mol. The minimum atomic E-state index is -0.310. The molecule has 0 aromatic heterocycles. The normalized spacial score (nSPS) is 15.5. The van der Waals surface area contributed by atoms with Crippen LogP contribution in [0.15, 0.2) is 36.0 Å². The third-order valence-electron chi connectivity index (χ3n) is 1.88. The topological polar surface area (TPSA) is 26.3 Å². The first-order valence-electron chi connectivity index (χ1n) is 4.99. The summed E-state index contributed by atoms with van der Waals surface area (Å²) in [6.07, 6.45) is 10.6. The van der Waals surface area contributed by atoms with E-state index in [2.05, 4.69) is 0 Å². The van der Waals surface area contributed by atoms with E-state index < -0.39 is 0 Å². The van der Waals surface area contributed by atoms with Crippen LogP contribution in [0.2, 0.25) is 0 Å². The summed E-state index contributed by atoms with van der Waals surface area (Å²) in [5.41, 5.74) is 0.918. The van der Waals surface area contributed by atoms with Gasteiger partial charge in [0.1, 0.15) is 0 Å². The monoisotopic (exact) mass is 222 g/mol. The van der Waals surface area contributed by atoms with Gasteiger partial charge in [-0.05, 0) is 18.1 Å². The lowest BCUT2D eigenvalue weighted by Crippen LogP contribution is -2.03. The standard InChI is InChI=1S/C12H14O2S/c1-2-9-14-12(13)8-7-10-5-3-4-6-11(10)15/h3-5,7-8H,2,6,9H2,1H3. The maximum Gasteiger partial charge on any atom is 0.330 e. The molecule has 0 spiro atoms. The van der Waals surface area contributed by atoms with E-state index in [1.807, 2.05) is 25.2 Å². The van der Waals surface area contributed by atoms with E-state index in [0.29, 0.717) is 6.61 Å². The second-order valence-electron chi connectivity index (χ2n) is 3.18. The van der Waals surface area contributed by atoms with Gasteiger partial charge in [0, 0.05) is 17.4 Å². The molecule has 0 unspecified atom stereocenters. The maximum absolute atomic E-state index is 11.2. The molecule has 0 fully saturated rings. The van der Waals surface area contributed by atoms with Crippen LogP contribution >= 0.6 is 12.2 Å². The zero-order chi connectivity index (χ0) is 11.1. The lowest BCUT2D eigenvalue weighted by Gasteiger charge is -2.05. The summed E-state index contributed by atoms with van der Waals surface area (Å²) >= 11 is 5.14. The summed E-state index contributed by atoms with van der Waals surface area (Å²) in [6.45, 7) is 2.42. The molecule has 0 aliphatic heterocycles. The Morgan fingerprint density at radius 3 is 3.13 bits per heavy atom. The van der Waals surface area contributed by atoms with Crippen LogP contribution in [-0.2, 0) is 9.53 Å². The zero-order valence-corrected chi connectivity index (χ0v) is 9.55. The van der Waals surface area contributed by atoms with Crippen molar-refractivity contribution in [2.24, 2.45) is 0 Å². The first-order valence-corrected chi connectivity index (χ1v) is 5.39. The quantitative estimate of drug-likeness (QED) is 0.415. The van der Waals surface area contributed by atoms with Crippen LogP contribution in [0, 0.1) is 0 Å². The Bertz CT molecular complexity index is 338. The van der Waals surface area contributed by atoms with E-state index >= 15 is 0 Å². The minimum absolute atomic E-state index is 0.310. The number of carbonyl (C=O) groups is 1. The van der Waals surface area contributed by atoms with Crippen LogP contribution in [0.25, 0.3) is 0 Å². The molecule has 0 aromatic rings. The predicted octanol–water partition coefficient (Wildman–Crippen LogP) is 2.75. The van der Waals surface area contributed by atoms with Gasteiger partial charge in [0.05, 0.1) is 6.61 Å². The summed E-state index contributed by atoms with van der Waals surface area (Å²) in [4.78, 5) is 12.0. The van der Waals surface area contributed by atoms with E-state index in [1.54, 1.807) is 6.08 Å². The molecule has 0 aromatic carbocycles. The van der Waals surface area contributed by atoms with Crippen molar-refractivity contribution in [3.63, 3.8) is 0 Å². The lowest BCUT2D eigenvalue weighted by molar-refractivity contribution is -0.137. The van der Waals surface area contributed by atoms with Crippen LogP contribution in [0.3, 0.4) is 0 Å². The van der Waals surface area contributed by atoms with Gasteiger partial charge in [0.15, 0.2) is 0 Å². The van der Waals surface area contributed by atoms with E-state index in [0.717, 1.165) is 23.3 Å². The number of carbonyl (C=O) groups excluding carboxylic acids is 1. The van der Waals surface area contributed by atoms with Gasteiger partial charge in [0.2, 0.25) is 0 Å². The largest absolute Gasteiger partial charge is 0.463 e. The molecule has 1 aliphatic carbocycles. The van der Waals surface area contributed by atoms with Crippen molar-refractivity contribution < 1.29 is 9.53 Å². The molecule has 0 amide bonds. The number of esters is 1. The van der Waals surface area contributed by atoms with Gasteiger partial charge in [-0.2, -0.15) is 0 Å². The Labute approximate surface area is 95.3 Å². The smallest absolute Gasteiger partial charge is 0.330 e. The second kappa shape index (κ2) is 6.30. The predicted molar refractivity (Wildman–Crippen MR) is 64.8 cm³/mol. The summed E-state index contributed by atoms with van der Waals surface area (Å²) in [7, 11) is 0. The Balaban J connectivity index is 2.49. The van der Waals surface area contributed by atoms with Gasteiger partial charge in [0.25, 0.3) is 0 Å². The highest BCUT2D eigenvalue weighted by Gasteiger charge is 2.03. The molecule has 0 atom stereocenters. The molecule has 0 bridgehead atoms. The van der Waals surface area contributed by atoms with E-state index in [4.69, 9.17) is 17.0 Å². The SMILES string of the molecule is CCCOC(=O)C=CC1=CC=CCC1=S. The zero-order valence-electron chi connectivity index (χ0n) is 8.73. The maximum atomic E-state index is 11.2. The summed E-state index contributed by atoms with van der Waals surface area (Å²) < 4.78 is 4.90. The number of rotatable bonds is 4. The van der Waals surface area contributed by atoms with Gasteiger partial charge in [-0.1, -0.05) is 37.4 Å². The van der Waals surface area contributed by atoms with Crippen molar-refractivity contribution >= 4 is 23.1 Å². The van der Waals surface area contributed by atoms with Crippen molar-refractivity contribution in [2.75, 3.05) is 6.61 Å². The Hall–Kier alpha value is -1.22. The Morgan fingerprint density at radius 2 is 2.47 bits per heavy atom. The first-order chi connectivity index (χ1) is 7.24. The Kier molecular flexibility index (Phi) is 4.98. The van der Waals surface area contributed by atoms with Crippen molar-refractivity contribution in [3.05, 3.63) is 36.0 Å². The van der Waals surface area contributed by atoms with E-state index in [-0.39, 0.29) is 5.97 Å². The fourth-order valence-electron chi connectivity index (χ4n) is 1.11. The number of thiocarbonyl (C=S) groups is 1. The molecule has 1 aliphatic rings. The average molecular weight is 222 g/mol. The van der Waals surface area contributed by atoms with Crippen LogP contribution < -0.4 is 0 Å². The molecule has 2 nitrogen and oxygen atoms in total. The molecule has 80 valence electrons. The highest BCUT2D eigenvalue weighted by atomic mass is 32.1. The molecule has 0 saturated carbocycles. The molecule has 15 heavy (non-hydrogen) atoms.